The molecule has 3 aliphatic rings. The number of fused-ring (bicyclic) bond motifs is 4. The van der Waals surface area contributed by atoms with Gasteiger partial charge in [0.05, 0.1) is 13.0 Å². The van der Waals surface area contributed by atoms with E-state index in [9.17, 15) is 14.3 Å². The number of rotatable bonds is 5. The molecule has 3 heterocycles. The third-order valence-corrected chi connectivity index (χ3v) is 7.66. The molecule has 1 N–H and O–H groups in total. The van der Waals surface area contributed by atoms with Crippen molar-refractivity contribution >= 4 is 17.6 Å². The first-order chi connectivity index (χ1) is 14.5. The summed E-state index contributed by atoms with van der Waals surface area (Å²) in [4.78, 5) is 13.6. The topological polar surface area (TPSA) is 49.8 Å². The standard InChI is InChI=1S/C24H25ClFNO3/c25-21-4-2-1-3-15(21)11-20-22-8-7-18(27(22)10-9-23(28)29)13-24(20)19-12-17(26)6-5-16(19)14-30-24/h1-6,12,18,20,22H,7-11,13-14H2,(H,28,29). The van der Waals surface area contributed by atoms with E-state index in [0.717, 1.165) is 47.4 Å². The van der Waals surface area contributed by atoms with E-state index in [4.69, 9.17) is 16.3 Å². The van der Waals surface area contributed by atoms with Crippen molar-refractivity contribution in [3.63, 3.8) is 0 Å². The van der Waals surface area contributed by atoms with Gasteiger partial charge in [0.15, 0.2) is 0 Å². The molecular formula is C24H25ClFNO3. The lowest BCUT2D eigenvalue weighted by Gasteiger charge is -2.51. The van der Waals surface area contributed by atoms with E-state index in [1.165, 1.54) is 6.07 Å². The highest BCUT2D eigenvalue weighted by Crippen LogP contribution is 2.56. The van der Waals surface area contributed by atoms with Gasteiger partial charge in [-0.3, -0.25) is 9.69 Å². The number of halogens is 2. The molecule has 1 spiro atoms. The van der Waals surface area contributed by atoms with E-state index >= 15 is 0 Å². The number of benzene rings is 2. The second kappa shape index (κ2) is 7.63. The zero-order valence-electron chi connectivity index (χ0n) is 16.7. The van der Waals surface area contributed by atoms with E-state index in [0.29, 0.717) is 13.2 Å². The molecular weight excluding hydrogens is 405 g/mol. The lowest BCUT2D eigenvalue weighted by atomic mass is 9.69. The number of carbonyl (C=O) groups is 1. The molecule has 3 aliphatic heterocycles. The second-order valence-electron chi connectivity index (χ2n) is 8.77. The predicted molar refractivity (Wildman–Crippen MR) is 112 cm³/mol. The first-order valence-electron chi connectivity index (χ1n) is 10.6. The summed E-state index contributed by atoms with van der Waals surface area (Å²) in [7, 11) is 0. The van der Waals surface area contributed by atoms with Crippen molar-refractivity contribution < 1.29 is 19.0 Å². The minimum atomic E-state index is -0.776. The monoisotopic (exact) mass is 429 g/mol. The summed E-state index contributed by atoms with van der Waals surface area (Å²) in [6.07, 6.45) is 3.62. The van der Waals surface area contributed by atoms with Crippen LogP contribution in [0.2, 0.25) is 5.02 Å². The Morgan fingerprint density at radius 1 is 1.27 bits per heavy atom. The molecule has 30 heavy (non-hydrogen) atoms. The number of piperidine rings is 1. The number of carboxylic acid groups (broad SMARTS) is 1. The number of ether oxygens (including phenoxy) is 1. The fourth-order valence-corrected chi connectivity index (χ4v) is 6.25. The van der Waals surface area contributed by atoms with Crippen molar-refractivity contribution in [2.24, 2.45) is 5.92 Å². The summed E-state index contributed by atoms with van der Waals surface area (Å²) >= 11 is 6.51. The van der Waals surface area contributed by atoms with E-state index in [2.05, 4.69) is 4.90 Å². The van der Waals surface area contributed by atoms with Crippen molar-refractivity contribution in [2.45, 2.75) is 56.4 Å². The van der Waals surface area contributed by atoms with Crippen molar-refractivity contribution in [2.75, 3.05) is 6.54 Å². The number of carboxylic acids is 1. The first kappa shape index (κ1) is 20.0. The van der Waals surface area contributed by atoms with Gasteiger partial charge in [0.25, 0.3) is 0 Å². The summed E-state index contributed by atoms with van der Waals surface area (Å²) in [5.41, 5.74) is 2.52. The molecule has 2 bridgehead atoms. The Hall–Kier alpha value is -1.95. The van der Waals surface area contributed by atoms with Gasteiger partial charge in [-0.2, -0.15) is 0 Å². The first-order valence-corrected chi connectivity index (χ1v) is 11.0. The average molecular weight is 430 g/mol. The van der Waals surface area contributed by atoms with Crippen LogP contribution < -0.4 is 0 Å². The van der Waals surface area contributed by atoms with Crippen LogP contribution in [0.4, 0.5) is 4.39 Å². The van der Waals surface area contributed by atoms with E-state index < -0.39 is 11.6 Å². The van der Waals surface area contributed by atoms with Crippen molar-refractivity contribution in [3.05, 3.63) is 70.0 Å². The van der Waals surface area contributed by atoms with Crippen LogP contribution in [0.5, 0.6) is 0 Å². The van der Waals surface area contributed by atoms with Crippen molar-refractivity contribution in [3.8, 4) is 0 Å². The van der Waals surface area contributed by atoms with Crippen LogP contribution in [0.1, 0.15) is 42.4 Å². The Kier molecular flexibility index (Phi) is 5.08. The number of hydrogen-bond acceptors (Lipinski definition) is 3. The molecule has 4 nitrogen and oxygen atoms in total. The van der Waals surface area contributed by atoms with Gasteiger partial charge < -0.3 is 9.84 Å². The lowest BCUT2D eigenvalue weighted by Crippen LogP contribution is -2.57. The Balaban J connectivity index is 1.57. The zero-order chi connectivity index (χ0) is 20.9. The zero-order valence-corrected chi connectivity index (χ0v) is 17.4. The Morgan fingerprint density at radius 3 is 2.90 bits per heavy atom. The molecule has 4 unspecified atom stereocenters. The molecule has 0 saturated carbocycles. The third kappa shape index (κ3) is 3.24. The Bertz CT molecular complexity index is 983. The van der Waals surface area contributed by atoms with Gasteiger partial charge in [-0.15, -0.1) is 0 Å². The molecule has 2 aromatic carbocycles. The molecule has 0 amide bonds. The Labute approximate surface area is 180 Å². The van der Waals surface area contributed by atoms with Crippen LogP contribution in [0.3, 0.4) is 0 Å². The molecule has 0 aromatic heterocycles. The fraction of sp³-hybridized carbons (Fsp3) is 0.458. The molecule has 2 aromatic rings. The van der Waals surface area contributed by atoms with Gasteiger partial charge in [-0.1, -0.05) is 35.9 Å². The van der Waals surface area contributed by atoms with E-state index in [1.807, 2.05) is 30.3 Å². The average Bonchev–Trinajstić information content (AvgIpc) is 3.22. The number of hydrogen-bond donors (Lipinski definition) is 1. The van der Waals surface area contributed by atoms with Crippen molar-refractivity contribution in [1.29, 1.82) is 0 Å². The maximum atomic E-state index is 14.3. The summed E-state index contributed by atoms with van der Waals surface area (Å²) < 4.78 is 20.8. The minimum Gasteiger partial charge on any atom is -0.481 e. The Morgan fingerprint density at radius 2 is 2.10 bits per heavy atom. The lowest BCUT2D eigenvalue weighted by molar-refractivity contribution is -0.148. The maximum absolute atomic E-state index is 14.3. The SMILES string of the molecule is O=C(O)CCN1C2CCC1C(Cc1ccccc1Cl)C1(C2)OCc2ccc(F)cc21. The van der Waals surface area contributed by atoms with Gasteiger partial charge >= 0.3 is 5.97 Å². The third-order valence-electron chi connectivity index (χ3n) is 7.29. The summed E-state index contributed by atoms with van der Waals surface area (Å²) in [5.74, 6) is -0.939. The quantitative estimate of drug-likeness (QED) is 0.743. The molecule has 0 aliphatic carbocycles. The largest absolute Gasteiger partial charge is 0.481 e. The molecule has 2 fully saturated rings. The highest BCUT2D eigenvalue weighted by molar-refractivity contribution is 6.31. The smallest absolute Gasteiger partial charge is 0.304 e. The highest BCUT2D eigenvalue weighted by atomic mass is 35.5. The molecule has 5 rings (SSSR count). The van der Waals surface area contributed by atoms with Crippen LogP contribution in [0.15, 0.2) is 42.5 Å². The molecule has 158 valence electrons. The molecule has 0 radical (unpaired) electrons. The molecule has 4 atom stereocenters. The maximum Gasteiger partial charge on any atom is 0.304 e. The summed E-state index contributed by atoms with van der Waals surface area (Å²) in [6, 6.07) is 13.3. The van der Waals surface area contributed by atoms with Crippen LogP contribution in [-0.4, -0.2) is 34.6 Å². The predicted octanol–water partition coefficient (Wildman–Crippen LogP) is 4.77. The van der Waals surface area contributed by atoms with Crippen LogP contribution in [-0.2, 0) is 28.2 Å². The van der Waals surface area contributed by atoms with Gasteiger partial charge in [0, 0.05) is 29.6 Å². The van der Waals surface area contributed by atoms with Gasteiger partial charge in [0.2, 0.25) is 0 Å². The normalized spacial score (nSPS) is 30.0. The number of aliphatic carboxylic acids is 1. The van der Waals surface area contributed by atoms with Gasteiger partial charge in [-0.05, 0) is 60.6 Å². The minimum absolute atomic E-state index is 0.0768. The van der Waals surface area contributed by atoms with Crippen LogP contribution in [0.25, 0.3) is 0 Å². The van der Waals surface area contributed by atoms with Crippen molar-refractivity contribution in [1.82, 2.24) is 4.90 Å². The van der Waals surface area contributed by atoms with Crippen LogP contribution >= 0.6 is 11.6 Å². The molecule has 2 saturated heterocycles. The summed E-state index contributed by atoms with van der Waals surface area (Å²) in [6.45, 7) is 1.03. The van der Waals surface area contributed by atoms with Gasteiger partial charge in [0.1, 0.15) is 11.4 Å². The van der Waals surface area contributed by atoms with Gasteiger partial charge in [-0.25, -0.2) is 4.39 Å². The second-order valence-corrected chi connectivity index (χ2v) is 9.17. The van der Waals surface area contributed by atoms with E-state index in [1.54, 1.807) is 6.07 Å². The number of nitrogens with zero attached hydrogens (tertiary/aromatic N) is 1. The highest BCUT2D eigenvalue weighted by Gasteiger charge is 2.58. The van der Waals surface area contributed by atoms with E-state index in [-0.39, 0.29) is 30.2 Å². The summed E-state index contributed by atoms with van der Waals surface area (Å²) in [5, 5.41) is 9.95. The molecule has 6 heteroatoms. The fourth-order valence-electron chi connectivity index (χ4n) is 6.03. The van der Waals surface area contributed by atoms with Crippen LogP contribution in [0, 0.1) is 11.7 Å².